The molecule has 30 heavy (non-hydrogen) atoms. The van der Waals surface area contributed by atoms with E-state index in [4.69, 9.17) is 10.00 Å². The summed E-state index contributed by atoms with van der Waals surface area (Å²) >= 11 is 0. The van der Waals surface area contributed by atoms with Crippen molar-refractivity contribution in [2.45, 2.75) is 31.4 Å². The molecule has 2 aliphatic rings. The van der Waals surface area contributed by atoms with Gasteiger partial charge in [-0.15, -0.1) is 10.2 Å². The minimum absolute atomic E-state index is 0.00439. The monoisotopic (exact) mass is 409 g/mol. The largest absolute Gasteiger partial charge is 0.380 e. The molecule has 1 unspecified atom stereocenters. The molecule has 2 aromatic rings. The summed E-state index contributed by atoms with van der Waals surface area (Å²) in [5.41, 5.74) is 1.01. The van der Waals surface area contributed by atoms with Crippen molar-refractivity contribution in [1.29, 1.82) is 5.26 Å². The van der Waals surface area contributed by atoms with Crippen LogP contribution in [0, 0.1) is 11.3 Å². The Bertz CT molecular complexity index is 919. The van der Waals surface area contributed by atoms with Crippen LogP contribution in [0.3, 0.4) is 0 Å². The number of morpholine rings is 1. The van der Waals surface area contributed by atoms with E-state index in [0.29, 0.717) is 30.5 Å². The van der Waals surface area contributed by atoms with Gasteiger partial charge < -0.3 is 26.0 Å². The lowest BCUT2D eigenvalue weighted by Gasteiger charge is -2.27. The van der Waals surface area contributed by atoms with Gasteiger partial charge in [-0.2, -0.15) is 5.26 Å². The predicted octanol–water partition coefficient (Wildman–Crippen LogP) is 0.564. The van der Waals surface area contributed by atoms with Crippen molar-refractivity contribution in [3.63, 3.8) is 0 Å². The molecule has 1 saturated heterocycles. The van der Waals surface area contributed by atoms with Gasteiger partial charge in [0.1, 0.15) is 11.9 Å². The zero-order valence-corrected chi connectivity index (χ0v) is 16.4. The second kappa shape index (κ2) is 9.43. The van der Waals surface area contributed by atoms with Gasteiger partial charge in [0.15, 0.2) is 17.2 Å². The summed E-state index contributed by atoms with van der Waals surface area (Å²) < 4.78 is 5.72. The number of nitrogens with one attached hydrogen (secondary N) is 4. The second-order valence-electron chi connectivity index (χ2n) is 7.19. The van der Waals surface area contributed by atoms with Gasteiger partial charge in [-0.1, -0.05) is 0 Å². The number of anilines is 3. The Balaban J connectivity index is 1.50. The Morgan fingerprint density at radius 3 is 2.83 bits per heavy atom. The van der Waals surface area contributed by atoms with Crippen molar-refractivity contribution >= 4 is 23.2 Å². The maximum absolute atomic E-state index is 12.7. The first kappa shape index (κ1) is 19.9. The molecule has 4 N–H and O–H groups in total. The SMILES string of the molecule is N#Cc1cnc(Nc2cc(NCC3CNCCO3)c(C(=O)NC3CCC3)nn2)cn1. The van der Waals surface area contributed by atoms with Gasteiger partial charge in [0.25, 0.3) is 5.91 Å². The van der Waals surface area contributed by atoms with E-state index < -0.39 is 0 Å². The fourth-order valence-corrected chi connectivity index (χ4v) is 3.12. The Kier molecular flexibility index (Phi) is 6.26. The molecule has 2 fully saturated rings. The van der Waals surface area contributed by atoms with Crippen LogP contribution in [0.2, 0.25) is 0 Å². The second-order valence-corrected chi connectivity index (χ2v) is 7.19. The average Bonchev–Trinajstić information content (AvgIpc) is 2.76. The zero-order chi connectivity index (χ0) is 20.8. The van der Waals surface area contributed by atoms with Crippen LogP contribution in [0.1, 0.15) is 35.4 Å². The summed E-state index contributed by atoms with van der Waals surface area (Å²) in [6.07, 6.45) is 5.90. The van der Waals surface area contributed by atoms with Gasteiger partial charge in [0, 0.05) is 31.7 Å². The molecule has 156 valence electrons. The van der Waals surface area contributed by atoms with Crippen LogP contribution in [0.25, 0.3) is 0 Å². The number of hydrogen-bond donors (Lipinski definition) is 4. The van der Waals surface area contributed by atoms with Crippen LogP contribution in [0.15, 0.2) is 18.5 Å². The van der Waals surface area contributed by atoms with E-state index in [2.05, 4.69) is 41.4 Å². The highest BCUT2D eigenvalue weighted by molar-refractivity contribution is 5.98. The highest BCUT2D eigenvalue weighted by Crippen LogP contribution is 2.22. The minimum atomic E-state index is -0.248. The quantitative estimate of drug-likeness (QED) is 0.511. The summed E-state index contributed by atoms with van der Waals surface area (Å²) in [6, 6.07) is 3.83. The van der Waals surface area contributed by atoms with Gasteiger partial charge in [0.05, 0.1) is 30.8 Å². The maximum atomic E-state index is 12.7. The average molecular weight is 409 g/mol. The zero-order valence-electron chi connectivity index (χ0n) is 16.4. The lowest BCUT2D eigenvalue weighted by molar-refractivity contribution is 0.0372. The number of amides is 1. The third-order valence-electron chi connectivity index (χ3n) is 5.00. The Morgan fingerprint density at radius 1 is 1.27 bits per heavy atom. The highest BCUT2D eigenvalue weighted by Gasteiger charge is 2.24. The number of carbonyl (C=O) groups excluding carboxylic acids is 1. The van der Waals surface area contributed by atoms with Crippen LogP contribution < -0.4 is 21.3 Å². The number of rotatable bonds is 7. The molecule has 11 heteroatoms. The molecule has 3 heterocycles. The number of nitrogens with zero attached hydrogens (tertiary/aromatic N) is 5. The molecular formula is C19H23N9O2. The third kappa shape index (κ3) is 4.97. The van der Waals surface area contributed by atoms with Crippen molar-refractivity contribution in [3.8, 4) is 6.07 Å². The van der Waals surface area contributed by atoms with Gasteiger partial charge >= 0.3 is 0 Å². The van der Waals surface area contributed by atoms with Crippen molar-refractivity contribution in [3.05, 3.63) is 29.8 Å². The minimum Gasteiger partial charge on any atom is -0.380 e. The fourth-order valence-electron chi connectivity index (χ4n) is 3.12. The molecule has 0 radical (unpaired) electrons. The standard InChI is InChI=1S/C19H23N9O2/c20-7-13-8-24-17(11-22-13)26-16-6-15(23-10-14-9-21-4-5-30-14)18(28-27-16)19(29)25-12-2-1-3-12/h6,8,11-12,14,21H,1-5,9-10H2,(H,25,29)(H2,23,24,26,27). The van der Waals surface area contributed by atoms with Crippen molar-refractivity contribution in [2.24, 2.45) is 0 Å². The van der Waals surface area contributed by atoms with E-state index in [1.165, 1.54) is 12.4 Å². The number of carbonyl (C=O) groups is 1. The molecule has 0 bridgehead atoms. The van der Waals surface area contributed by atoms with Crippen molar-refractivity contribution < 1.29 is 9.53 Å². The number of aromatic nitrogens is 4. The third-order valence-corrected chi connectivity index (χ3v) is 5.00. The molecule has 1 aliphatic carbocycles. The molecule has 1 saturated carbocycles. The molecule has 1 aliphatic heterocycles. The van der Waals surface area contributed by atoms with Crippen LogP contribution in [-0.2, 0) is 4.74 Å². The first-order chi connectivity index (χ1) is 14.7. The predicted molar refractivity (Wildman–Crippen MR) is 108 cm³/mol. The number of nitriles is 1. The normalized spacial score (nSPS) is 18.7. The fraction of sp³-hybridized carbons (Fsp3) is 0.474. The molecule has 0 spiro atoms. The smallest absolute Gasteiger partial charge is 0.274 e. The maximum Gasteiger partial charge on any atom is 0.274 e. The molecular weight excluding hydrogens is 386 g/mol. The summed E-state index contributed by atoms with van der Waals surface area (Å²) in [5, 5.41) is 29.6. The van der Waals surface area contributed by atoms with Crippen molar-refractivity contribution in [1.82, 2.24) is 30.8 Å². The topological polar surface area (TPSA) is 150 Å². The van der Waals surface area contributed by atoms with E-state index in [9.17, 15) is 4.79 Å². The van der Waals surface area contributed by atoms with Crippen LogP contribution in [-0.4, -0.2) is 64.5 Å². The summed E-state index contributed by atoms with van der Waals surface area (Å²) in [4.78, 5) is 20.8. The first-order valence-electron chi connectivity index (χ1n) is 9.95. The van der Waals surface area contributed by atoms with Gasteiger partial charge in [-0.3, -0.25) is 4.79 Å². The van der Waals surface area contributed by atoms with Crippen molar-refractivity contribution in [2.75, 3.05) is 36.9 Å². The Labute approximate surface area is 173 Å². The first-order valence-corrected chi connectivity index (χ1v) is 9.95. The van der Waals surface area contributed by atoms with E-state index in [1.807, 2.05) is 6.07 Å². The highest BCUT2D eigenvalue weighted by atomic mass is 16.5. The lowest BCUT2D eigenvalue weighted by atomic mass is 9.93. The van der Waals surface area contributed by atoms with Crippen LogP contribution in [0.5, 0.6) is 0 Å². The van der Waals surface area contributed by atoms with E-state index in [-0.39, 0.29) is 29.4 Å². The molecule has 2 aromatic heterocycles. The van der Waals surface area contributed by atoms with Gasteiger partial charge in [0.2, 0.25) is 0 Å². The Morgan fingerprint density at radius 2 is 2.17 bits per heavy atom. The summed E-state index contributed by atoms with van der Waals surface area (Å²) in [7, 11) is 0. The van der Waals surface area contributed by atoms with E-state index >= 15 is 0 Å². The molecule has 11 nitrogen and oxygen atoms in total. The molecule has 4 rings (SSSR count). The molecule has 1 atom stereocenters. The van der Waals surface area contributed by atoms with E-state index in [1.54, 1.807) is 6.07 Å². The lowest BCUT2D eigenvalue weighted by Crippen LogP contribution is -2.42. The molecule has 1 amide bonds. The number of ether oxygens (including phenoxy) is 1. The van der Waals surface area contributed by atoms with Crippen LogP contribution >= 0.6 is 0 Å². The summed E-state index contributed by atoms with van der Waals surface area (Å²) in [6.45, 7) is 2.75. The molecule has 0 aromatic carbocycles. The number of hydrogen-bond acceptors (Lipinski definition) is 10. The van der Waals surface area contributed by atoms with E-state index in [0.717, 1.165) is 32.4 Å². The van der Waals surface area contributed by atoms with Gasteiger partial charge in [-0.25, -0.2) is 9.97 Å². The van der Waals surface area contributed by atoms with Gasteiger partial charge in [-0.05, 0) is 19.3 Å². The Hall–Kier alpha value is -3.36. The van der Waals surface area contributed by atoms with Crippen LogP contribution in [0.4, 0.5) is 17.3 Å². The summed E-state index contributed by atoms with van der Waals surface area (Å²) in [5.74, 6) is 0.572.